The summed E-state index contributed by atoms with van der Waals surface area (Å²) in [5.74, 6) is -0.128. The second-order valence-corrected chi connectivity index (χ2v) is 6.75. The van der Waals surface area contributed by atoms with Crippen molar-refractivity contribution in [3.8, 4) is 0 Å². The maximum absolute atomic E-state index is 12.2. The molecular formula is C18H21N3O2S. The molecule has 0 fully saturated rings. The van der Waals surface area contributed by atoms with E-state index in [0.29, 0.717) is 18.7 Å². The third-order valence-electron chi connectivity index (χ3n) is 4.21. The highest BCUT2D eigenvalue weighted by atomic mass is 32.2. The zero-order valence-electron chi connectivity index (χ0n) is 13.7. The van der Waals surface area contributed by atoms with Gasteiger partial charge in [0.05, 0.1) is 12.2 Å². The van der Waals surface area contributed by atoms with Gasteiger partial charge in [0.25, 0.3) is 11.5 Å². The van der Waals surface area contributed by atoms with Crippen molar-refractivity contribution in [2.45, 2.75) is 37.1 Å². The summed E-state index contributed by atoms with van der Waals surface area (Å²) >= 11 is 1.60. The van der Waals surface area contributed by atoms with Crippen LogP contribution in [0.1, 0.15) is 34.5 Å². The Morgan fingerprint density at radius 2 is 2.12 bits per heavy atom. The summed E-state index contributed by atoms with van der Waals surface area (Å²) in [6.45, 7) is 0.772. The maximum Gasteiger partial charge on any atom is 0.267 e. The van der Waals surface area contributed by atoms with Crippen LogP contribution in [0.3, 0.4) is 0 Å². The lowest BCUT2D eigenvalue weighted by molar-refractivity contribution is 0.0951. The molecule has 1 aliphatic rings. The molecule has 0 radical (unpaired) electrons. The molecule has 1 aliphatic carbocycles. The Morgan fingerprint density at radius 3 is 2.96 bits per heavy atom. The highest BCUT2D eigenvalue weighted by Crippen LogP contribution is 2.17. The predicted octanol–water partition coefficient (Wildman–Crippen LogP) is 2.27. The summed E-state index contributed by atoms with van der Waals surface area (Å²) in [4.78, 5) is 25.3. The highest BCUT2D eigenvalue weighted by molar-refractivity contribution is 7.98. The van der Waals surface area contributed by atoms with E-state index in [1.165, 1.54) is 4.68 Å². The minimum atomic E-state index is -0.128. The van der Waals surface area contributed by atoms with Crippen molar-refractivity contribution in [3.63, 3.8) is 0 Å². The van der Waals surface area contributed by atoms with E-state index >= 15 is 0 Å². The number of amides is 1. The van der Waals surface area contributed by atoms with Crippen molar-refractivity contribution < 1.29 is 4.79 Å². The van der Waals surface area contributed by atoms with Crippen LogP contribution in [0.2, 0.25) is 0 Å². The minimum absolute atomic E-state index is 0.0886. The average Bonchev–Trinajstić information content (AvgIpc) is 2.62. The lowest BCUT2D eigenvalue weighted by atomic mass is 9.97. The Bertz CT molecular complexity index is 801. The number of nitrogens with one attached hydrogen (secondary N) is 1. The zero-order chi connectivity index (χ0) is 16.9. The van der Waals surface area contributed by atoms with Crippen molar-refractivity contribution in [2.75, 3.05) is 12.8 Å². The number of carbonyl (C=O) groups excluding carboxylic acids is 1. The number of fused-ring (bicyclic) bond motifs is 1. The monoisotopic (exact) mass is 343 g/mol. The van der Waals surface area contributed by atoms with E-state index in [-0.39, 0.29) is 11.5 Å². The lowest BCUT2D eigenvalue weighted by Gasteiger charge is -2.16. The van der Waals surface area contributed by atoms with Crippen LogP contribution in [0.5, 0.6) is 0 Å². The summed E-state index contributed by atoms with van der Waals surface area (Å²) in [6.07, 6.45) is 6.11. The van der Waals surface area contributed by atoms with Crippen LogP contribution in [0.4, 0.5) is 0 Å². The normalized spacial score (nSPS) is 13.4. The fourth-order valence-corrected chi connectivity index (χ4v) is 3.36. The van der Waals surface area contributed by atoms with E-state index in [1.54, 1.807) is 23.9 Å². The summed E-state index contributed by atoms with van der Waals surface area (Å²) in [5, 5.41) is 7.32. The molecule has 0 saturated carbocycles. The molecule has 1 aromatic carbocycles. The SMILES string of the molecule is CSc1cccc(C(=O)NCCn2nc3c(cc2=O)CCCC3)c1. The average molecular weight is 343 g/mol. The summed E-state index contributed by atoms with van der Waals surface area (Å²) < 4.78 is 1.46. The Hall–Kier alpha value is -2.08. The van der Waals surface area contributed by atoms with Gasteiger partial charge in [0, 0.05) is 23.1 Å². The molecular weight excluding hydrogens is 322 g/mol. The number of carbonyl (C=O) groups is 1. The Balaban J connectivity index is 1.62. The second-order valence-electron chi connectivity index (χ2n) is 5.87. The molecule has 2 aromatic rings. The third-order valence-corrected chi connectivity index (χ3v) is 4.94. The third kappa shape index (κ3) is 3.87. The van der Waals surface area contributed by atoms with Gasteiger partial charge in [0.15, 0.2) is 0 Å². The molecule has 0 bridgehead atoms. The number of aryl methyl sites for hydroxylation is 2. The summed E-state index contributed by atoms with van der Waals surface area (Å²) in [6, 6.07) is 9.20. The molecule has 1 amide bonds. The molecule has 0 spiro atoms. The summed E-state index contributed by atoms with van der Waals surface area (Å²) in [7, 11) is 0. The van der Waals surface area contributed by atoms with Gasteiger partial charge in [0.2, 0.25) is 0 Å². The van der Waals surface area contributed by atoms with Gasteiger partial charge in [-0.2, -0.15) is 5.10 Å². The standard InChI is InChI=1S/C18H21N3O2S/c1-24-15-7-4-6-14(11-15)18(23)19-9-10-21-17(22)12-13-5-2-3-8-16(13)20-21/h4,6-7,11-12H,2-3,5,8-10H2,1H3,(H,19,23). The molecule has 1 heterocycles. The van der Waals surface area contributed by atoms with E-state index in [2.05, 4.69) is 10.4 Å². The number of nitrogens with zero attached hydrogens (tertiary/aromatic N) is 2. The predicted molar refractivity (Wildman–Crippen MR) is 95.7 cm³/mol. The molecule has 24 heavy (non-hydrogen) atoms. The Labute approximate surface area is 145 Å². The molecule has 126 valence electrons. The van der Waals surface area contributed by atoms with Gasteiger partial charge < -0.3 is 5.32 Å². The van der Waals surface area contributed by atoms with Crippen LogP contribution in [0.25, 0.3) is 0 Å². The maximum atomic E-state index is 12.2. The minimum Gasteiger partial charge on any atom is -0.350 e. The number of hydrogen-bond donors (Lipinski definition) is 1. The van der Waals surface area contributed by atoms with E-state index in [4.69, 9.17) is 0 Å². The number of aromatic nitrogens is 2. The van der Waals surface area contributed by atoms with Crippen LogP contribution in [0, 0.1) is 0 Å². The number of thioether (sulfide) groups is 1. The van der Waals surface area contributed by atoms with Gasteiger partial charge in [0.1, 0.15) is 0 Å². The highest BCUT2D eigenvalue weighted by Gasteiger charge is 2.13. The molecule has 6 heteroatoms. The van der Waals surface area contributed by atoms with Crippen LogP contribution >= 0.6 is 11.8 Å². The second kappa shape index (κ2) is 7.66. The van der Waals surface area contributed by atoms with Gasteiger partial charge in [-0.15, -0.1) is 11.8 Å². The Kier molecular flexibility index (Phi) is 5.35. The number of rotatable bonds is 5. The number of benzene rings is 1. The zero-order valence-corrected chi connectivity index (χ0v) is 14.6. The van der Waals surface area contributed by atoms with Gasteiger partial charge >= 0.3 is 0 Å². The van der Waals surface area contributed by atoms with Crippen molar-refractivity contribution >= 4 is 17.7 Å². The van der Waals surface area contributed by atoms with Crippen LogP contribution in [-0.2, 0) is 19.4 Å². The van der Waals surface area contributed by atoms with Gasteiger partial charge in [-0.05, 0) is 55.7 Å². The first-order chi connectivity index (χ1) is 11.7. The van der Waals surface area contributed by atoms with E-state index in [1.807, 2.05) is 24.5 Å². The molecule has 0 aliphatic heterocycles. The van der Waals surface area contributed by atoms with Crippen LogP contribution in [-0.4, -0.2) is 28.5 Å². The molecule has 0 saturated heterocycles. The fourth-order valence-electron chi connectivity index (χ4n) is 2.90. The first-order valence-corrected chi connectivity index (χ1v) is 9.42. The van der Waals surface area contributed by atoms with E-state index in [9.17, 15) is 9.59 Å². The topological polar surface area (TPSA) is 64.0 Å². The smallest absolute Gasteiger partial charge is 0.267 e. The van der Waals surface area contributed by atoms with Crippen LogP contribution in [0.15, 0.2) is 40.0 Å². The molecule has 0 unspecified atom stereocenters. The van der Waals surface area contributed by atoms with Gasteiger partial charge in [-0.1, -0.05) is 6.07 Å². The van der Waals surface area contributed by atoms with Gasteiger partial charge in [-0.25, -0.2) is 4.68 Å². The lowest BCUT2D eigenvalue weighted by Crippen LogP contribution is -2.33. The van der Waals surface area contributed by atoms with Crippen molar-refractivity contribution in [2.24, 2.45) is 0 Å². The molecule has 1 aromatic heterocycles. The molecule has 1 N–H and O–H groups in total. The van der Waals surface area contributed by atoms with E-state index < -0.39 is 0 Å². The van der Waals surface area contributed by atoms with Crippen molar-refractivity contribution in [1.29, 1.82) is 0 Å². The quantitative estimate of drug-likeness (QED) is 0.846. The largest absolute Gasteiger partial charge is 0.350 e. The summed E-state index contributed by atoms with van der Waals surface area (Å²) in [5.41, 5.74) is 2.65. The molecule has 5 nitrogen and oxygen atoms in total. The van der Waals surface area contributed by atoms with Crippen molar-refractivity contribution in [3.05, 3.63) is 57.5 Å². The first-order valence-electron chi connectivity index (χ1n) is 8.19. The fraction of sp³-hybridized carbons (Fsp3) is 0.389. The van der Waals surface area contributed by atoms with Gasteiger partial charge in [-0.3, -0.25) is 9.59 Å². The van der Waals surface area contributed by atoms with E-state index in [0.717, 1.165) is 41.8 Å². The molecule has 0 atom stereocenters. The van der Waals surface area contributed by atoms with Crippen molar-refractivity contribution in [1.82, 2.24) is 15.1 Å². The Morgan fingerprint density at radius 1 is 1.29 bits per heavy atom. The first kappa shape index (κ1) is 16.8. The van der Waals surface area contributed by atoms with Crippen LogP contribution < -0.4 is 10.9 Å². The molecule has 3 rings (SSSR count). The number of hydrogen-bond acceptors (Lipinski definition) is 4.